The maximum Gasteiger partial charge on any atom is 0.407 e. The maximum absolute atomic E-state index is 12.7. The van der Waals surface area contributed by atoms with E-state index in [1.807, 2.05) is 0 Å². The van der Waals surface area contributed by atoms with Crippen LogP contribution in [0.3, 0.4) is 0 Å². The van der Waals surface area contributed by atoms with Crippen molar-refractivity contribution in [3.05, 3.63) is 11.3 Å². The van der Waals surface area contributed by atoms with E-state index in [2.05, 4.69) is 27.8 Å². The average Bonchev–Trinajstić information content (AvgIpc) is 3.22. The molecule has 0 aliphatic carbocycles. The van der Waals surface area contributed by atoms with Crippen LogP contribution in [-0.4, -0.2) is 101 Å². The Morgan fingerprint density at radius 1 is 1.34 bits per heavy atom. The molecule has 1 fully saturated rings. The number of unbranched alkanes of at least 4 members (excludes halogenated alkanes) is 2. The number of amides is 2. The number of hydrogen-bond acceptors (Lipinski definition) is 9. The van der Waals surface area contributed by atoms with Gasteiger partial charge < -0.3 is 20.4 Å². The Morgan fingerprint density at radius 3 is 2.81 bits per heavy atom. The highest BCUT2D eigenvalue weighted by Gasteiger charge is 2.53. The molecule has 32 heavy (non-hydrogen) atoms. The number of aromatic nitrogens is 4. The number of rotatable bonds is 12. The van der Waals surface area contributed by atoms with Crippen LogP contribution >= 0.6 is 23.5 Å². The van der Waals surface area contributed by atoms with Crippen molar-refractivity contribution < 1.29 is 24.6 Å². The van der Waals surface area contributed by atoms with Crippen molar-refractivity contribution in [2.45, 2.75) is 49.3 Å². The second-order valence-electron chi connectivity index (χ2n) is 7.48. The normalized spacial score (nSPS) is 20.2. The number of nitrogens with zero attached hydrogens (tertiary/aromatic N) is 6. The minimum Gasteiger partial charge on any atom is -0.477 e. The van der Waals surface area contributed by atoms with E-state index in [1.165, 1.54) is 28.4 Å². The van der Waals surface area contributed by atoms with Gasteiger partial charge in [0.2, 0.25) is 11.1 Å². The lowest BCUT2D eigenvalue weighted by Gasteiger charge is -2.49. The molecule has 0 aromatic carbocycles. The second kappa shape index (κ2) is 11.0. The van der Waals surface area contributed by atoms with E-state index in [-0.39, 0.29) is 36.1 Å². The first kappa shape index (κ1) is 24.3. The van der Waals surface area contributed by atoms with Crippen LogP contribution in [0.25, 0.3) is 0 Å². The second-order valence-corrected chi connectivity index (χ2v) is 9.53. The Morgan fingerprint density at radius 2 is 2.12 bits per heavy atom. The molecule has 1 aromatic heterocycles. The van der Waals surface area contributed by atoms with E-state index in [0.29, 0.717) is 22.2 Å². The van der Waals surface area contributed by atoms with Gasteiger partial charge >= 0.3 is 12.1 Å². The number of fused-ring (bicyclic) bond motifs is 1. The highest BCUT2D eigenvalue weighted by atomic mass is 32.2. The summed E-state index contributed by atoms with van der Waals surface area (Å²) in [7, 11) is 1.45. The number of hydrogen-bond donors (Lipinski definition) is 3. The van der Waals surface area contributed by atoms with Crippen LogP contribution in [0.15, 0.2) is 16.4 Å². The summed E-state index contributed by atoms with van der Waals surface area (Å²) >= 11 is 2.82. The molecule has 2 aliphatic rings. The number of likely N-dealkylation sites (N-methyl/N-ethyl adjacent to an activating group) is 1. The third-order valence-corrected chi connectivity index (χ3v) is 7.63. The number of carbonyl (C=O) groups excluding carboxylic acids is 1. The molecule has 3 rings (SSSR count). The van der Waals surface area contributed by atoms with Crippen LogP contribution < -0.4 is 5.32 Å². The molecule has 1 aromatic rings. The quantitative estimate of drug-likeness (QED) is 0.218. The Labute approximate surface area is 193 Å². The minimum atomic E-state index is -1.12. The van der Waals surface area contributed by atoms with E-state index < -0.39 is 12.1 Å². The molecule has 3 heterocycles. The van der Waals surface area contributed by atoms with Gasteiger partial charge in [-0.15, -0.1) is 16.9 Å². The fourth-order valence-electron chi connectivity index (χ4n) is 3.41. The van der Waals surface area contributed by atoms with Crippen molar-refractivity contribution in [2.24, 2.45) is 0 Å². The Hall–Kier alpha value is -2.32. The number of β-lactam (4-membered cyclic amide) rings is 1. The molecule has 1 saturated heterocycles. The van der Waals surface area contributed by atoms with Gasteiger partial charge in [0.1, 0.15) is 17.1 Å². The minimum absolute atomic E-state index is 0.0440. The van der Waals surface area contributed by atoms with Gasteiger partial charge in [0, 0.05) is 25.1 Å². The number of carboxylic acid groups (broad SMARTS) is 2. The molecule has 2 atom stereocenters. The summed E-state index contributed by atoms with van der Waals surface area (Å²) in [5.74, 6) is -0.513. The SMILES string of the molecule is CCCCCNC1C(=O)N2C(C(=O)O)=C(CSc3nnnn3CCN(C)C(=O)O)CS[C@H]12. The molecule has 0 saturated carbocycles. The van der Waals surface area contributed by atoms with Crippen molar-refractivity contribution >= 4 is 41.5 Å². The van der Waals surface area contributed by atoms with Gasteiger partial charge in [0.15, 0.2) is 0 Å². The molecule has 2 amide bonds. The molecule has 3 N–H and O–H groups in total. The largest absolute Gasteiger partial charge is 0.477 e. The maximum atomic E-state index is 12.7. The van der Waals surface area contributed by atoms with E-state index >= 15 is 0 Å². The summed E-state index contributed by atoms with van der Waals surface area (Å²) < 4.78 is 1.48. The van der Waals surface area contributed by atoms with Gasteiger partial charge in [-0.05, 0) is 29.0 Å². The van der Waals surface area contributed by atoms with Gasteiger partial charge in [-0.3, -0.25) is 9.69 Å². The molecule has 0 bridgehead atoms. The zero-order valence-electron chi connectivity index (χ0n) is 17.9. The van der Waals surface area contributed by atoms with Crippen molar-refractivity contribution in [3.8, 4) is 0 Å². The highest BCUT2D eigenvalue weighted by molar-refractivity contribution is 8.01. The summed E-state index contributed by atoms with van der Waals surface area (Å²) in [4.78, 5) is 38.1. The van der Waals surface area contributed by atoms with E-state index in [4.69, 9.17) is 5.11 Å². The fourth-order valence-corrected chi connectivity index (χ4v) is 5.83. The lowest BCUT2D eigenvalue weighted by molar-refractivity contribution is -0.149. The molecule has 14 heteroatoms. The van der Waals surface area contributed by atoms with Crippen LogP contribution in [0, 0.1) is 0 Å². The van der Waals surface area contributed by atoms with Crippen molar-refractivity contribution in [1.82, 2.24) is 35.3 Å². The molecule has 12 nitrogen and oxygen atoms in total. The molecular formula is C18H27N7O5S2. The predicted octanol–water partition coefficient (Wildman–Crippen LogP) is 0.777. The van der Waals surface area contributed by atoms with Gasteiger partial charge in [-0.1, -0.05) is 31.5 Å². The number of tetrazole rings is 1. The lowest BCUT2D eigenvalue weighted by atomic mass is 10.0. The topological polar surface area (TPSA) is 154 Å². The number of thioether (sulfide) groups is 2. The van der Waals surface area contributed by atoms with Gasteiger partial charge in [-0.2, -0.15) is 0 Å². The fraction of sp³-hybridized carbons (Fsp3) is 0.667. The lowest BCUT2D eigenvalue weighted by Crippen LogP contribution is -2.70. The van der Waals surface area contributed by atoms with Crippen molar-refractivity contribution in [3.63, 3.8) is 0 Å². The molecule has 0 radical (unpaired) electrons. The summed E-state index contributed by atoms with van der Waals surface area (Å²) in [5, 5.41) is 33.7. The van der Waals surface area contributed by atoms with Gasteiger partial charge in [0.05, 0.1) is 6.54 Å². The first-order valence-electron chi connectivity index (χ1n) is 10.3. The summed E-state index contributed by atoms with van der Waals surface area (Å²) in [6.45, 7) is 3.34. The van der Waals surface area contributed by atoms with Gasteiger partial charge in [-0.25, -0.2) is 14.3 Å². The summed E-state index contributed by atoms with van der Waals surface area (Å²) in [6, 6.07) is -0.348. The average molecular weight is 486 g/mol. The Kier molecular flexibility index (Phi) is 8.37. The standard InChI is InChI=1S/C18H27N7O5S2/c1-3-4-5-6-19-12-14(26)25-13(16(27)28)11(9-31-15(12)25)10-32-17-20-21-22-24(17)8-7-23(2)18(29)30/h12,15,19H,3-10H2,1-2H3,(H,27,28)(H,29,30)/t12?,15-/m1/s1. The monoisotopic (exact) mass is 485 g/mol. The Balaban J connectivity index is 1.63. The highest BCUT2D eigenvalue weighted by Crippen LogP contribution is 2.41. The number of carbonyl (C=O) groups is 3. The van der Waals surface area contributed by atoms with Crippen LogP contribution in [0.1, 0.15) is 26.2 Å². The third-order valence-electron chi connectivity index (χ3n) is 5.24. The van der Waals surface area contributed by atoms with Crippen LogP contribution in [0.4, 0.5) is 4.79 Å². The summed E-state index contributed by atoms with van der Waals surface area (Å²) in [6.07, 6.45) is 2.12. The smallest absolute Gasteiger partial charge is 0.407 e. The predicted molar refractivity (Wildman–Crippen MR) is 118 cm³/mol. The molecule has 0 spiro atoms. The van der Waals surface area contributed by atoms with E-state index in [9.17, 15) is 19.5 Å². The third kappa shape index (κ3) is 5.35. The molecule has 176 valence electrons. The Bertz CT molecular complexity index is 893. The number of nitrogens with one attached hydrogen (secondary N) is 1. The van der Waals surface area contributed by atoms with Crippen molar-refractivity contribution in [1.29, 1.82) is 0 Å². The zero-order chi connectivity index (χ0) is 23.3. The van der Waals surface area contributed by atoms with Crippen LogP contribution in [0.2, 0.25) is 0 Å². The summed E-state index contributed by atoms with van der Waals surface area (Å²) in [5.41, 5.74) is 0.682. The molecular weight excluding hydrogens is 458 g/mol. The van der Waals surface area contributed by atoms with Gasteiger partial charge in [0.25, 0.3) is 0 Å². The molecule has 2 aliphatic heterocycles. The number of carboxylic acids is 1. The first-order valence-corrected chi connectivity index (χ1v) is 12.3. The molecule has 1 unspecified atom stereocenters. The van der Waals surface area contributed by atoms with E-state index in [1.54, 1.807) is 11.8 Å². The van der Waals surface area contributed by atoms with Crippen molar-refractivity contribution in [2.75, 3.05) is 31.6 Å². The van der Waals surface area contributed by atoms with Crippen LogP contribution in [-0.2, 0) is 16.1 Å². The van der Waals surface area contributed by atoms with E-state index in [0.717, 1.165) is 30.7 Å². The zero-order valence-corrected chi connectivity index (χ0v) is 19.6. The first-order chi connectivity index (χ1) is 15.3. The number of aliphatic carboxylic acids is 1. The van der Waals surface area contributed by atoms with Crippen LogP contribution in [0.5, 0.6) is 0 Å².